The van der Waals surface area contributed by atoms with Gasteiger partial charge in [0.15, 0.2) is 5.60 Å². The van der Waals surface area contributed by atoms with Gasteiger partial charge >= 0.3 is 24.7 Å². The number of rotatable bonds is 6. The van der Waals surface area contributed by atoms with Crippen molar-refractivity contribution in [1.82, 2.24) is 19.9 Å². The predicted octanol–water partition coefficient (Wildman–Crippen LogP) is 16.8. The van der Waals surface area contributed by atoms with Crippen molar-refractivity contribution < 1.29 is 57.4 Å². The normalized spacial score (nSPS) is 14.1. The maximum Gasteiger partial charge on any atom is 0.416 e. The highest BCUT2D eigenvalue weighted by Crippen LogP contribution is 2.52. The van der Waals surface area contributed by atoms with E-state index in [2.05, 4.69) is 9.97 Å². The second-order valence-electron chi connectivity index (χ2n) is 17.6. The zero-order valence-corrected chi connectivity index (χ0v) is 37.2. The van der Waals surface area contributed by atoms with E-state index in [1.165, 1.54) is 48.5 Å². The molecular weight excluding hydrogens is 937 g/mol. The first kappa shape index (κ1) is 47.8. The van der Waals surface area contributed by atoms with Crippen LogP contribution in [0.3, 0.4) is 0 Å². The molecule has 17 heteroatoms. The van der Waals surface area contributed by atoms with Crippen molar-refractivity contribution in [3.8, 4) is 50.4 Å². The van der Waals surface area contributed by atoms with Crippen LogP contribution in [0.2, 0.25) is 0 Å². The average Bonchev–Trinajstić information content (AvgIpc) is 4.13. The minimum absolute atomic E-state index is 0.0735. The zero-order chi connectivity index (χ0) is 50.3. The van der Waals surface area contributed by atoms with E-state index < -0.39 is 64.4 Å². The van der Waals surface area contributed by atoms with Crippen LogP contribution in [0.1, 0.15) is 67.0 Å². The minimum Gasteiger partial charge on any atom is -0.463 e. The maximum absolute atomic E-state index is 14.1. The van der Waals surface area contributed by atoms with Crippen LogP contribution in [0.25, 0.3) is 78.7 Å². The Morgan fingerprint density at radius 2 is 0.671 bits per heavy atom. The Morgan fingerprint density at radius 3 is 0.986 bits per heavy atom. The Labute approximate surface area is 391 Å². The molecule has 0 atom stereocenters. The minimum atomic E-state index is -4.70. The van der Waals surface area contributed by atoms with Gasteiger partial charge in [-0.1, -0.05) is 76.2 Å². The number of aromatic amines is 2. The molecule has 3 aromatic heterocycles. The molecule has 4 aromatic carbocycles. The van der Waals surface area contributed by atoms with E-state index in [9.17, 15) is 52.7 Å². The van der Waals surface area contributed by atoms with E-state index in [0.717, 1.165) is 48.5 Å². The summed E-state index contributed by atoms with van der Waals surface area (Å²) in [6.07, 6.45) is -15.6. The number of alkyl halides is 12. The summed E-state index contributed by atoms with van der Waals surface area (Å²) in [5, 5.41) is 0. The molecule has 7 aromatic rings. The van der Waals surface area contributed by atoms with Gasteiger partial charge in [-0.3, -0.25) is 0 Å². The van der Waals surface area contributed by atoms with Crippen LogP contribution in [-0.2, 0) is 30.3 Å². The molecule has 360 valence electrons. The summed E-state index contributed by atoms with van der Waals surface area (Å²) < 4.78 is 175. The van der Waals surface area contributed by atoms with Gasteiger partial charge in [-0.15, -0.1) is 0 Å². The van der Waals surface area contributed by atoms with E-state index >= 15 is 0 Å². The van der Waals surface area contributed by atoms with Gasteiger partial charge in [-0.05, 0) is 119 Å². The molecule has 0 amide bonds. The highest BCUT2D eigenvalue weighted by atomic mass is 19.4. The Bertz CT molecular complexity index is 3310. The number of benzene rings is 4. The number of halogens is 12. The Morgan fingerprint density at radius 1 is 0.386 bits per heavy atom. The predicted molar refractivity (Wildman–Crippen MR) is 244 cm³/mol. The van der Waals surface area contributed by atoms with Crippen molar-refractivity contribution in [1.29, 1.82) is 0 Å². The molecule has 5 nitrogen and oxygen atoms in total. The molecule has 0 saturated carbocycles. The third kappa shape index (κ3) is 8.59. The first-order valence-electron chi connectivity index (χ1n) is 21.7. The SMILES string of the molecule is CC(C)C1(C(C)C)Oc2nc1c(-c1ccc(C(F)(F)F)cc1)c1ccc([nH]1)c(-c1ccc(C(F)(F)F)cc1)c1nc(c(-c3ccc(C(F)(F)F)cc3)c3ccc([nH]3)c2-c2ccc(C(F)(F)F)cc2)C=C1. The molecule has 5 heterocycles. The first-order valence-corrected chi connectivity index (χ1v) is 21.7. The fourth-order valence-electron chi connectivity index (χ4n) is 9.24. The molecule has 0 fully saturated rings. The molecular formula is C53H38F12N4O. The molecule has 8 bridgehead atoms. The van der Waals surface area contributed by atoms with Gasteiger partial charge in [-0.2, -0.15) is 52.7 Å². The fourth-order valence-corrected chi connectivity index (χ4v) is 9.24. The summed E-state index contributed by atoms with van der Waals surface area (Å²) >= 11 is 0. The number of ether oxygens (including phenoxy) is 1. The summed E-state index contributed by atoms with van der Waals surface area (Å²) in [5.41, 5.74) is -1.30. The van der Waals surface area contributed by atoms with Gasteiger partial charge in [0.05, 0.1) is 50.4 Å². The largest absolute Gasteiger partial charge is 0.463 e. The topological polar surface area (TPSA) is 66.6 Å². The van der Waals surface area contributed by atoms with Gasteiger partial charge in [-0.25, -0.2) is 9.97 Å². The molecule has 0 unspecified atom stereocenters. The molecule has 0 spiro atoms. The summed E-state index contributed by atoms with van der Waals surface area (Å²) in [7, 11) is 0. The Balaban J connectivity index is 1.49. The number of hydrogen-bond donors (Lipinski definition) is 2. The van der Waals surface area contributed by atoms with Crippen LogP contribution in [0.15, 0.2) is 121 Å². The zero-order valence-electron chi connectivity index (χ0n) is 37.2. The van der Waals surface area contributed by atoms with Crippen LogP contribution < -0.4 is 4.74 Å². The van der Waals surface area contributed by atoms with Crippen molar-refractivity contribution in [2.24, 2.45) is 11.8 Å². The fraction of sp³-hybridized carbons (Fsp3) is 0.208. The van der Waals surface area contributed by atoms with Gasteiger partial charge in [0.1, 0.15) is 0 Å². The molecule has 2 aliphatic heterocycles. The summed E-state index contributed by atoms with van der Waals surface area (Å²) in [6, 6.07) is 23.8. The van der Waals surface area contributed by atoms with E-state index in [4.69, 9.17) is 14.7 Å². The lowest BCUT2D eigenvalue weighted by molar-refractivity contribution is -0.138. The third-order valence-corrected chi connectivity index (χ3v) is 12.6. The molecule has 70 heavy (non-hydrogen) atoms. The summed E-state index contributed by atoms with van der Waals surface area (Å²) in [5.74, 6) is -0.966. The lowest BCUT2D eigenvalue weighted by atomic mass is 9.75. The molecule has 2 aliphatic rings. The van der Waals surface area contributed by atoms with Crippen molar-refractivity contribution in [3.05, 3.63) is 161 Å². The van der Waals surface area contributed by atoms with E-state index in [1.807, 2.05) is 27.7 Å². The quantitative estimate of drug-likeness (QED) is 0.163. The number of aromatic nitrogens is 4. The van der Waals surface area contributed by atoms with Gasteiger partial charge in [0.2, 0.25) is 5.88 Å². The Kier molecular flexibility index (Phi) is 11.6. The molecule has 9 rings (SSSR count). The standard InChI is InChI=1S/C53H38F12N4O/c1-27(2)49(28(3)4)47-45(31-9-17-35(18-10-31)52(60,61)62)41-25-23-39(67-41)43(29-5-13-33(14-6-29)50(54,55)56)37-21-22-38(66-37)44(30-7-15-34(16-8-30)51(57,58)59)40-24-26-42(68-40)46(48(69-47)70-49)32-11-19-36(20-12-32)53(63,64)65/h5-28,67-68H,1-4H3. The van der Waals surface area contributed by atoms with Crippen LogP contribution >= 0.6 is 0 Å². The van der Waals surface area contributed by atoms with E-state index in [1.54, 1.807) is 36.4 Å². The summed E-state index contributed by atoms with van der Waals surface area (Å²) in [6.45, 7) is 7.43. The lowest BCUT2D eigenvalue weighted by Crippen LogP contribution is -2.41. The number of fused-ring (bicyclic) bond motifs is 8. The monoisotopic (exact) mass is 974 g/mol. The highest BCUT2D eigenvalue weighted by Gasteiger charge is 2.49. The Hall–Kier alpha value is -7.30. The number of hydrogen-bond acceptors (Lipinski definition) is 3. The van der Waals surface area contributed by atoms with Crippen molar-refractivity contribution in [2.75, 3.05) is 0 Å². The summed E-state index contributed by atoms with van der Waals surface area (Å²) in [4.78, 5) is 16.8. The smallest absolute Gasteiger partial charge is 0.416 e. The first-order chi connectivity index (χ1) is 32.8. The van der Waals surface area contributed by atoms with Crippen molar-refractivity contribution in [2.45, 2.75) is 58.0 Å². The average molecular weight is 975 g/mol. The van der Waals surface area contributed by atoms with Gasteiger partial charge in [0.25, 0.3) is 0 Å². The number of H-pyrrole nitrogens is 2. The molecule has 2 N–H and O–H groups in total. The van der Waals surface area contributed by atoms with Crippen molar-refractivity contribution in [3.63, 3.8) is 0 Å². The molecule has 0 aliphatic carbocycles. The third-order valence-electron chi connectivity index (χ3n) is 12.6. The van der Waals surface area contributed by atoms with Crippen LogP contribution in [0.5, 0.6) is 5.88 Å². The number of nitrogens with one attached hydrogen (secondary N) is 2. The molecule has 0 radical (unpaired) electrons. The maximum atomic E-state index is 14.1. The van der Waals surface area contributed by atoms with E-state index in [0.29, 0.717) is 11.0 Å². The van der Waals surface area contributed by atoms with Gasteiger partial charge in [0, 0.05) is 33.2 Å². The van der Waals surface area contributed by atoms with Gasteiger partial charge < -0.3 is 14.7 Å². The number of nitrogens with zero attached hydrogens (tertiary/aromatic N) is 2. The lowest BCUT2D eigenvalue weighted by Gasteiger charge is -2.37. The van der Waals surface area contributed by atoms with Crippen molar-refractivity contribution >= 4 is 34.2 Å². The van der Waals surface area contributed by atoms with Crippen LogP contribution in [0.4, 0.5) is 52.7 Å². The second-order valence-corrected chi connectivity index (χ2v) is 17.6. The second kappa shape index (κ2) is 17.0. The highest BCUT2D eigenvalue weighted by molar-refractivity contribution is 5.97. The van der Waals surface area contributed by atoms with Crippen LogP contribution in [-0.4, -0.2) is 19.9 Å². The van der Waals surface area contributed by atoms with Crippen LogP contribution in [0, 0.1) is 11.8 Å². The molecule has 0 saturated heterocycles. The van der Waals surface area contributed by atoms with E-state index in [-0.39, 0.29) is 78.5 Å².